The zero-order valence-electron chi connectivity index (χ0n) is 11.7. The molecule has 2 atom stereocenters. The molecule has 1 saturated heterocycles. The largest absolute Gasteiger partial charge is 0.366 e. The number of carbonyl (C=O) groups excluding carboxylic acids is 2. The number of nitrogens with two attached hydrogens (primary N) is 2. The summed E-state index contributed by atoms with van der Waals surface area (Å²) in [4.78, 5) is 25.6. The normalized spacial score (nSPS) is 22.6. The average molecular weight is 275 g/mol. The maximum Gasteiger partial charge on any atom is 0.254 e. The summed E-state index contributed by atoms with van der Waals surface area (Å²) in [6.07, 6.45) is 1.91. The molecule has 0 aliphatic carbocycles. The number of hydrogen-bond acceptors (Lipinski definition) is 3. The van der Waals surface area contributed by atoms with Crippen molar-refractivity contribution < 1.29 is 9.59 Å². The third-order valence-corrected chi connectivity index (χ3v) is 3.90. The molecule has 0 spiro atoms. The van der Waals surface area contributed by atoms with E-state index in [2.05, 4.69) is 6.92 Å². The van der Waals surface area contributed by atoms with Gasteiger partial charge in [0, 0.05) is 30.3 Å². The number of carbonyl (C=O) groups is 2. The van der Waals surface area contributed by atoms with E-state index in [1.54, 1.807) is 24.3 Å². The van der Waals surface area contributed by atoms with Gasteiger partial charge in [-0.2, -0.15) is 0 Å². The van der Waals surface area contributed by atoms with Crippen molar-refractivity contribution in [1.82, 2.24) is 4.90 Å². The number of primary amides is 1. The molecule has 108 valence electrons. The van der Waals surface area contributed by atoms with E-state index >= 15 is 0 Å². The van der Waals surface area contributed by atoms with Gasteiger partial charge in [0.2, 0.25) is 5.91 Å². The van der Waals surface area contributed by atoms with Gasteiger partial charge in [-0.25, -0.2) is 0 Å². The third-order valence-electron chi connectivity index (χ3n) is 3.90. The third kappa shape index (κ3) is 2.99. The zero-order valence-corrected chi connectivity index (χ0v) is 11.7. The van der Waals surface area contributed by atoms with Crippen LogP contribution in [-0.4, -0.2) is 35.8 Å². The van der Waals surface area contributed by atoms with Gasteiger partial charge in [0.05, 0.1) is 0 Å². The summed E-state index contributed by atoms with van der Waals surface area (Å²) < 4.78 is 0. The van der Waals surface area contributed by atoms with Crippen molar-refractivity contribution in [2.45, 2.75) is 25.8 Å². The Labute approximate surface area is 118 Å². The summed E-state index contributed by atoms with van der Waals surface area (Å²) in [5.41, 5.74) is 11.9. The molecule has 1 aromatic carbocycles. The summed E-state index contributed by atoms with van der Waals surface area (Å²) in [5.74, 6) is -0.0118. The van der Waals surface area contributed by atoms with Crippen LogP contribution in [0.4, 0.5) is 0 Å². The summed E-state index contributed by atoms with van der Waals surface area (Å²) in [5, 5.41) is 0. The van der Waals surface area contributed by atoms with Crippen molar-refractivity contribution in [2.24, 2.45) is 17.4 Å². The fraction of sp³-hybridized carbons (Fsp3) is 0.467. The molecule has 1 fully saturated rings. The Hall–Kier alpha value is -1.88. The number of nitrogens with zero attached hydrogens (tertiary/aromatic N) is 1. The molecule has 20 heavy (non-hydrogen) atoms. The molecule has 0 radical (unpaired) electrons. The topological polar surface area (TPSA) is 89.4 Å². The molecular formula is C15H21N3O2. The Morgan fingerprint density at radius 3 is 2.70 bits per heavy atom. The Balaban J connectivity index is 2.21. The quantitative estimate of drug-likeness (QED) is 0.861. The number of benzene rings is 1. The second-order valence-corrected chi connectivity index (χ2v) is 5.46. The van der Waals surface area contributed by atoms with Crippen LogP contribution in [0.5, 0.6) is 0 Å². The van der Waals surface area contributed by atoms with Gasteiger partial charge in [-0.05, 0) is 37.0 Å². The van der Waals surface area contributed by atoms with Crippen LogP contribution in [-0.2, 0) is 0 Å². The van der Waals surface area contributed by atoms with Crippen molar-refractivity contribution >= 4 is 11.8 Å². The van der Waals surface area contributed by atoms with E-state index in [-0.39, 0.29) is 11.9 Å². The van der Waals surface area contributed by atoms with Crippen molar-refractivity contribution in [1.29, 1.82) is 0 Å². The van der Waals surface area contributed by atoms with Crippen molar-refractivity contribution in [3.63, 3.8) is 0 Å². The summed E-state index contributed by atoms with van der Waals surface area (Å²) in [6.45, 7) is 3.35. The van der Waals surface area contributed by atoms with Crippen LogP contribution in [0, 0.1) is 5.92 Å². The predicted octanol–water partition coefficient (Wildman–Crippen LogP) is 0.985. The van der Waals surface area contributed by atoms with Crippen LogP contribution in [0.3, 0.4) is 0 Å². The van der Waals surface area contributed by atoms with E-state index in [1.807, 2.05) is 4.90 Å². The van der Waals surface area contributed by atoms with Crippen LogP contribution in [0.15, 0.2) is 24.3 Å². The van der Waals surface area contributed by atoms with Crippen LogP contribution in [0.1, 0.15) is 40.5 Å². The van der Waals surface area contributed by atoms with Gasteiger partial charge >= 0.3 is 0 Å². The highest BCUT2D eigenvalue weighted by Crippen LogP contribution is 2.23. The minimum Gasteiger partial charge on any atom is -0.366 e. The van der Waals surface area contributed by atoms with E-state index in [1.165, 1.54) is 0 Å². The first-order valence-electron chi connectivity index (χ1n) is 6.93. The summed E-state index contributed by atoms with van der Waals surface area (Å²) in [7, 11) is 0. The molecule has 4 N–H and O–H groups in total. The van der Waals surface area contributed by atoms with Crippen LogP contribution < -0.4 is 11.5 Å². The predicted molar refractivity (Wildman–Crippen MR) is 77.2 cm³/mol. The number of hydrogen-bond donors (Lipinski definition) is 2. The highest BCUT2D eigenvalue weighted by atomic mass is 16.2. The van der Waals surface area contributed by atoms with E-state index < -0.39 is 5.91 Å². The zero-order chi connectivity index (χ0) is 14.7. The monoisotopic (exact) mass is 275 g/mol. The van der Waals surface area contributed by atoms with Crippen LogP contribution >= 0.6 is 0 Å². The van der Waals surface area contributed by atoms with Gasteiger partial charge in [-0.15, -0.1) is 0 Å². The molecule has 1 aromatic rings. The van der Waals surface area contributed by atoms with Gasteiger partial charge in [0.15, 0.2) is 0 Å². The summed E-state index contributed by atoms with van der Waals surface area (Å²) >= 11 is 0. The Morgan fingerprint density at radius 1 is 1.35 bits per heavy atom. The molecule has 1 heterocycles. The van der Waals surface area contributed by atoms with Gasteiger partial charge in [-0.3, -0.25) is 9.59 Å². The van der Waals surface area contributed by atoms with Gasteiger partial charge in [-0.1, -0.05) is 13.0 Å². The lowest BCUT2D eigenvalue weighted by Gasteiger charge is -2.38. The molecule has 0 saturated carbocycles. The minimum absolute atomic E-state index is 0.0727. The molecular weight excluding hydrogens is 254 g/mol. The van der Waals surface area contributed by atoms with Crippen molar-refractivity contribution in [3.8, 4) is 0 Å². The maximum absolute atomic E-state index is 12.6. The lowest BCUT2D eigenvalue weighted by molar-refractivity contribution is 0.0573. The summed E-state index contributed by atoms with van der Waals surface area (Å²) in [6, 6.07) is 6.62. The molecule has 5 heteroatoms. The van der Waals surface area contributed by atoms with E-state index in [0.717, 1.165) is 12.8 Å². The van der Waals surface area contributed by atoms with Crippen LogP contribution in [0.25, 0.3) is 0 Å². The molecule has 2 unspecified atom stereocenters. The van der Waals surface area contributed by atoms with E-state index in [0.29, 0.717) is 30.1 Å². The van der Waals surface area contributed by atoms with Crippen molar-refractivity contribution in [3.05, 3.63) is 35.4 Å². The SMILES string of the molecule is CC1CCN(C(=O)c2cccc(C(N)=O)c2)C(CN)C1. The van der Waals surface area contributed by atoms with Crippen molar-refractivity contribution in [2.75, 3.05) is 13.1 Å². The number of piperidine rings is 1. The second-order valence-electron chi connectivity index (χ2n) is 5.46. The van der Waals surface area contributed by atoms with E-state index in [4.69, 9.17) is 11.5 Å². The number of rotatable bonds is 3. The number of likely N-dealkylation sites (tertiary alicyclic amines) is 1. The minimum atomic E-state index is -0.526. The van der Waals surface area contributed by atoms with Gasteiger partial charge in [0.1, 0.15) is 0 Å². The highest BCUT2D eigenvalue weighted by molar-refractivity contribution is 5.99. The van der Waals surface area contributed by atoms with Gasteiger partial charge in [0.25, 0.3) is 5.91 Å². The van der Waals surface area contributed by atoms with Crippen LogP contribution in [0.2, 0.25) is 0 Å². The molecule has 0 bridgehead atoms. The Kier molecular flexibility index (Phi) is 4.39. The second kappa shape index (κ2) is 6.05. The molecule has 5 nitrogen and oxygen atoms in total. The first kappa shape index (κ1) is 14.5. The van der Waals surface area contributed by atoms with Gasteiger partial charge < -0.3 is 16.4 Å². The molecule has 1 aliphatic heterocycles. The Bertz CT molecular complexity index is 516. The highest BCUT2D eigenvalue weighted by Gasteiger charge is 2.29. The lowest BCUT2D eigenvalue weighted by atomic mass is 9.91. The smallest absolute Gasteiger partial charge is 0.254 e. The molecule has 2 rings (SSSR count). The number of amides is 2. The lowest BCUT2D eigenvalue weighted by Crippen LogP contribution is -2.49. The fourth-order valence-corrected chi connectivity index (χ4v) is 2.71. The average Bonchev–Trinajstić information content (AvgIpc) is 2.46. The maximum atomic E-state index is 12.6. The standard InChI is InChI=1S/C15H21N3O2/c1-10-5-6-18(13(7-10)9-16)15(20)12-4-2-3-11(8-12)14(17)19/h2-4,8,10,13H,5-7,9,16H2,1H3,(H2,17,19). The first-order valence-corrected chi connectivity index (χ1v) is 6.93. The molecule has 1 aliphatic rings. The molecule has 2 amide bonds. The fourth-order valence-electron chi connectivity index (χ4n) is 2.71. The Morgan fingerprint density at radius 2 is 2.05 bits per heavy atom. The first-order chi connectivity index (χ1) is 9.52. The molecule has 0 aromatic heterocycles. The van der Waals surface area contributed by atoms with E-state index in [9.17, 15) is 9.59 Å².